The van der Waals surface area contributed by atoms with Gasteiger partial charge in [-0.2, -0.15) is 10.2 Å². The predicted molar refractivity (Wildman–Crippen MR) is 123 cm³/mol. The minimum Gasteiger partial charge on any atom is -0.495 e. The molecule has 9 heteroatoms. The third-order valence-corrected chi connectivity index (χ3v) is 4.87. The molecule has 0 saturated heterocycles. The second-order valence-corrected chi connectivity index (χ2v) is 7.40. The highest BCUT2D eigenvalue weighted by atomic mass is 19.1. The van der Waals surface area contributed by atoms with Crippen molar-refractivity contribution in [2.45, 2.75) is 12.8 Å². The molecule has 0 radical (unpaired) electrons. The molecule has 1 aromatic heterocycles. The van der Waals surface area contributed by atoms with Gasteiger partial charge in [0.25, 0.3) is 5.91 Å². The van der Waals surface area contributed by atoms with E-state index in [0.717, 1.165) is 19.0 Å². The summed E-state index contributed by atoms with van der Waals surface area (Å²) in [5.41, 5.74) is 1.67. The van der Waals surface area contributed by atoms with Crippen LogP contribution in [0.5, 0.6) is 5.75 Å². The molecule has 0 aliphatic heterocycles. The Bertz CT molecular complexity index is 1240. The molecule has 0 spiro atoms. The van der Waals surface area contributed by atoms with Crippen molar-refractivity contribution in [3.63, 3.8) is 0 Å². The maximum absolute atomic E-state index is 14.2. The molecule has 1 fully saturated rings. The molecular formula is C24H21FN6O2. The summed E-state index contributed by atoms with van der Waals surface area (Å²) in [6, 6.07) is 16.0. The van der Waals surface area contributed by atoms with E-state index < -0.39 is 11.7 Å². The summed E-state index contributed by atoms with van der Waals surface area (Å²) in [7, 11) is 1.50. The van der Waals surface area contributed by atoms with Crippen LogP contribution in [0.25, 0.3) is 0 Å². The van der Waals surface area contributed by atoms with Gasteiger partial charge in [0.15, 0.2) is 11.6 Å². The van der Waals surface area contributed by atoms with Crippen molar-refractivity contribution >= 4 is 34.7 Å². The van der Waals surface area contributed by atoms with E-state index in [1.807, 2.05) is 24.3 Å². The van der Waals surface area contributed by atoms with Gasteiger partial charge >= 0.3 is 0 Å². The average Bonchev–Trinajstić information content (AvgIpc) is 3.65. The van der Waals surface area contributed by atoms with E-state index in [1.54, 1.807) is 36.4 Å². The van der Waals surface area contributed by atoms with Crippen LogP contribution in [0.4, 0.5) is 33.2 Å². The quantitative estimate of drug-likeness (QED) is 0.334. The second-order valence-electron chi connectivity index (χ2n) is 7.40. The fourth-order valence-corrected chi connectivity index (χ4v) is 3.04. The standard InChI is InChI=1S/C24H21FN6O2/c1-33-21-10-9-18(29-23(32)16(13-26)11-15-7-8-15)12-20(21)30-24-27-14-19(25)22(31-24)28-17-5-3-2-4-6-17/h2-6,9-12,14-15H,7-8H2,1H3,(H,29,32)(H2,27,28,30,31)/b16-11-. The Morgan fingerprint density at radius 3 is 2.67 bits per heavy atom. The van der Waals surface area contributed by atoms with E-state index in [4.69, 9.17) is 4.74 Å². The van der Waals surface area contributed by atoms with Gasteiger partial charge in [0, 0.05) is 11.4 Å². The van der Waals surface area contributed by atoms with Crippen molar-refractivity contribution in [1.29, 1.82) is 5.26 Å². The van der Waals surface area contributed by atoms with Crippen molar-refractivity contribution in [2.75, 3.05) is 23.1 Å². The minimum absolute atomic E-state index is 0.00555. The molecule has 1 aliphatic carbocycles. The number of benzene rings is 2. The average molecular weight is 444 g/mol. The van der Waals surface area contributed by atoms with Crippen LogP contribution >= 0.6 is 0 Å². The lowest BCUT2D eigenvalue weighted by Gasteiger charge is -2.14. The van der Waals surface area contributed by atoms with Gasteiger partial charge in [-0.15, -0.1) is 0 Å². The van der Waals surface area contributed by atoms with E-state index >= 15 is 0 Å². The Balaban J connectivity index is 1.54. The van der Waals surface area contributed by atoms with Crippen LogP contribution in [0, 0.1) is 23.1 Å². The fourth-order valence-electron chi connectivity index (χ4n) is 3.04. The molecule has 1 aliphatic rings. The zero-order valence-electron chi connectivity index (χ0n) is 17.8. The fraction of sp³-hybridized carbons (Fsp3) is 0.167. The first-order valence-corrected chi connectivity index (χ1v) is 10.3. The number of nitriles is 1. The molecule has 8 nitrogen and oxygen atoms in total. The number of aromatic nitrogens is 2. The SMILES string of the molecule is COc1ccc(NC(=O)/C(C#N)=C\C2CC2)cc1Nc1ncc(F)c(Nc2ccccc2)n1. The first-order valence-electron chi connectivity index (χ1n) is 10.3. The van der Waals surface area contributed by atoms with E-state index in [-0.39, 0.29) is 17.3 Å². The normalized spacial score (nSPS) is 13.1. The van der Waals surface area contributed by atoms with Crippen LogP contribution in [0.1, 0.15) is 12.8 Å². The number of halogens is 1. The van der Waals surface area contributed by atoms with Gasteiger partial charge in [-0.05, 0) is 49.1 Å². The Morgan fingerprint density at radius 2 is 1.97 bits per heavy atom. The predicted octanol–water partition coefficient (Wildman–Crippen LogP) is 4.91. The number of hydrogen-bond donors (Lipinski definition) is 3. The number of anilines is 5. The summed E-state index contributed by atoms with van der Waals surface area (Å²) >= 11 is 0. The van der Waals surface area contributed by atoms with Gasteiger partial charge in [-0.3, -0.25) is 4.79 Å². The van der Waals surface area contributed by atoms with Crippen molar-refractivity contribution in [1.82, 2.24) is 9.97 Å². The monoisotopic (exact) mass is 444 g/mol. The molecule has 3 aromatic rings. The van der Waals surface area contributed by atoms with Crippen LogP contribution in [-0.2, 0) is 4.79 Å². The molecule has 166 valence electrons. The lowest BCUT2D eigenvalue weighted by molar-refractivity contribution is -0.112. The van der Waals surface area contributed by atoms with Gasteiger partial charge in [0.2, 0.25) is 5.95 Å². The highest BCUT2D eigenvalue weighted by Crippen LogP contribution is 2.32. The number of allylic oxidation sites excluding steroid dienone is 1. The number of carbonyl (C=O) groups is 1. The molecule has 2 aromatic carbocycles. The Morgan fingerprint density at radius 1 is 1.18 bits per heavy atom. The highest BCUT2D eigenvalue weighted by molar-refractivity contribution is 6.06. The van der Waals surface area contributed by atoms with Crippen molar-refractivity contribution in [3.05, 3.63) is 72.2 Å². The molecular weight excluding hydrogens is 423 g/mol. The maximum Gasteiger partial charge on any atom is 0.265 e. The number of amides is 1. The number of rotatable bonds is 8. The maximum atomic E-state index is 14.2. The van der Waals surface area contributed by atoms with Crippen LogP contribution in [0.3, 0.4) is 0 Å². The summed E-state index contributed by atoms with van der Waals surface area (Å²) in [5.74, 6) is -0.189. The first kappa shape index (κ1) is 21.8. The largest absolute Gasteiger partial charge is 0.495 e. The molecule has 33 heavy (non-hydrogen) atoms. The summed E-state index contributed by atoms with van der Waals surface area (Å²) in [4.78, 5) is 20.7. The van der Waals surface area contributed by atoms with E-state index in [9.17, 15) is 14.4 Å². The Labute approximate surface area is 190 Å². The molecule has 0 bridgehead atoms. The molecule has 0 unspecified atom stereocenters. The topological polar surface area (TPSA) is 112 Å². The van der Waals surface area contributed by atoms with Gasteiger partial charge in [-0.25, -0.2) is 9.37 Å². The molecule has 1 heterocycles. The number of para-hydroxylation sites is 1. The number of hydrogen-bond acceptors (Lipinski definition) is 7. The lowest BCUT2D eigenvalue weighted by atomic mass is 10.2. The van der Waals surface area contributed by atoms with Crippen LogP contribution in [0.15, 0.2) is 66.4 Å². The van der Waals surface area contributed by atoms with Crippen molar-refractivity contribution in [3.8, 4) is 11.8 Å². The van der Waals surface area contributed by atoms with Crippen LogP contribution < -0.4 is 20.7 Å². The van der Waals surface area contributed by atoms with Crippen molar-refractivity contribution in [2.24, 2.45) is 5.92 Å². The molecule has 1 saturated carbocycles. The number of carbonyl (C=O) groups excluding carboxylic acids is 1. The lowest BCUT2D eigenvalue weighted by Crippen LogP contribution is -2.14. The number of methoxy groups -OCH3 is 1. The van der Waals surface area contributed by atoms with E-state index in [2.05, 4.69) is 25.9 Å². The number of ether oxygens (including phenoxy) is 1. The van der Waals surface area contributed by atoms with Crippen LogP contribution in [-0.4, -0.2) is 23.0 Å². The van der Waals surface area contributed by atoms with Gasteiger partial charge in [0.05, 0.1) is 19.0 Å². The molecule has 3 N–H and O–H groups in total. The summed E-state index contributed by atoms with van der Waals surface area (Å²) in [5, 5.41) is 17.9. The Kier molecular flexibility index (Phi) is 6.45. The van der Waals surface area contributed by atoms with Crippen molar-refractivity contribution < 1.29 is 13.9 Å². The Hall–Kier alpha value is -4.45. The van der Waals surface area contributed by atoms with E-state index in [0.29, 0.717) is 28.7 Å². The number of nitrogens with zero attached hydrogens (tertiary/aromatic N) is 3. The summed E-state index contributed by atoms with van der Waals surface area (Å²) < 4.78 is 19.6. The number of nitrogens with one attached hydrogen (secondary N) is 3. The third-order valence-electron chi connectivity index (χ3n) is 4.87. The third kappa shape index (κ3) is 5.62. The van der Waals surface area contributed by atoms with Gasteiger partial charge in [-0.1, -0.05) is 24.3 Å². The molecule has 4 rings (SSSR count). The highest BCUT2D eigenvalue weighted by Gasteiger charge is 2.22. The van der Waals surface area contributed by atoms with Crippen LogP contribution in [0.2, 0.25) is 0 Å². The smallest absolute Gasteiger partial charge is 0.265 e. The van der Waals surface area contributed by atoms with Gasteiger partial charge in [0.1, 0.15) is 17.4 Å². The summed E-state index contributed by atoms with van der Waals surface area (Å²) in [6.07, 6.45) is 4.74. The zero-order valence-corrected chi connectivity index (χ0v) is 17.8. The molecule has 1 amide bonds. The molecule has 0 atom stereocenters. The first-order chi connectivity index (χ1) is 16.1. The summed E-state index contributed by atoms with van der Waals surface area (Å²) in [6.45, 7) is 0. The van der Waals surface area contributed by atoms with Gasteiger partial charge < -0.3 is 20.7 Å². The zero-order chi connectivity index (χ0) is 23.2. The minimum atomic E-state index is -0.608. The second kappa shape index (κ2) is 9.78. The van der Waals surface area contributed by atoms with E-state index in [1.165, 1.54) is 7.11 Å².